The number of ether oxygens (including phenoxy) is 2. The Morgan fingerprint density at radius 3 is 2.72 bits per heavy atom. The maximum atomic E-state index is 12.3. The number of fused-ring (bicyclic) bond motifs is 1. The van der Waals surface area contributed by atoms with Crippen LogP contribution in [0, 0.1) is 0 Å². The molecule has 1 fully saturated rings. The Kier molecular flexibility index (Phi) is 6.37. The van der Waals surface area contributed by atoms with Crippen molar-refractivity contribution in [3.05, 3.63) is 64.2 Å². The van der Waals surface area contributed by atoms with Crippen LogP contribution in [0.15, 0.2) is 42.5 Å². The van der Waals surface area contributed by atoms with Gasteiger partial charge in [-0.05, 0) is 60.8 Å². The number of nitrogens with one attached hydrogen (secondary N) is 1. The summed E-state index contributed by atoms with van der Waals surface area (Å²) in [4.78, 5) is 14.8. The summed E-state index contributed by atoms with van der Waals surface area (Å²) in [7, 11) is 0. The number of rotatable bonds is 6. The summed E-state index contributed by atoms with van der Waals surface area (Å²) in [6, 6.07) is 11.9. The molecule has 0 saturated carbocycles. The van der Waals surface area contributed by atoms with Crippen LogP contribution < -0.4 is 14.8 Å². The highest BCUT2D eigenvalue weighted by Crippen LogP contribution is 2.40. The average Bonchev–Trinajstić information content (AvgIpc) is 3.22. The first-order valence-corrected chi connectivity index (χ1v) is 10.4. The van der Waals surface area contributed by atoms with Crippen LogP contribution in [0.4, 0.5) is 0 Å². The summed E-state index contributed by atoms with van der Waals surface area (Å²) in [6.07, 6.45) is 7.11. The van der Waals surface area contributed by atoms with Gasteiger partial charge in [-0.15, -0.1) is 0 Å². The molecule has 0 aliphatic carbocycles. The van der Waals surface area contributed by atoms with Crippen molar-refractivity contribution in [3.63, 3.8) is 0 Å². The first kappa shape index (κ1) is 19.8. The number of piperidine rings is 1. The molecule has 6 heteroatoms. The Bertz CT molecular complexity index is 907. The van der Waals surface area contributed by atoms with Crippen molar-refractivity contribution in [2.45, 2.75) is 32.4 Å². The maximum absolute atomic E-state index is 12.3. The lowest BCUT2D eigenvalue weighted by atomic mass is 10.0. The molecule has 0 bridgehead atoms. The zero-order chi connectivity index (χ0) is 20.1. The fourth-order valence-electron chi connectivity index (χ4n) is 3.74. The Morgan fingerprint density at radius 1 is 1.10 bits per heavy atom. The Hall–Kier alpha value is -2.50. The minimum Gasteiger partial charge on any atom is -0.454 e. The van der Waals surface area contributed by atoms with Gasteiger partial charge in [0.25, 0.3) is 0 Å². The summed E-state index contributed by atoms with van der Waals surface area (Å²) in [6.45, 7) is 3.93. The van der Waals surface area contributed by atoms with E-state index in [1.54, 1.807) is 12.1 Å². The van der Waals surface area contributed by atoms with Crippen molar-refractivity contribution < 1.29 is 14.3 Å². The summed E-state index contributed by atoms with van der Waals surface area (Å²) in [5.74, 6) is 1.01. The fourth-order valence-corrected chi connectivity index (χ4v) is 4.01. The molecular weight excluding hydrogens is 388 g/mol. The van der Waals surface area contributed by atoms with Crippen LogP contribution in [-0.4, -0.2) is 30.7 Å². The third-order valence-electron chi connectivity index (χ3n) is 5.29. The second-order valence-electron chi connectivity index (χ2n) is 7.39. The van der Waals surface area contributed by atoms with Crippen LogP contribution in [0.25, 0.3) is 6.08 Å². The number of likely N-dealkylation sites (tertiary alicyclic amines) is 1. The number of carbonyl (C=O) groups is 1. The molecule has 1 saturated heterocycles. The van der Waals surface area contributed by atoms with Gasteiger partial charge in [-0.25, -0.2) is 0 Å². The lowest BCUT2D eigenvalue weighted by Crippen LogP contribution is -2.30. The van der Waals surface area contributed by atoms with Gasteiger partial charge in [-0.2, -0.15) is 0 Å². The number of hydrogen-bond donors (Lipinski definition) is 1. The molecule has 29 heavy (non-hydrogen) atoms. The van der Waals surface area contributed by atoms with Crippen molar-refractivity contribution in [2.75, 3.05) is 19.9 Å². The van der Waals surface area contributed by atoms with Gasteiger partial charge >= 0.3 is 0 Å². The molecule has 0 radical (unpaired) electrons. The van der Waals surface area contributed by atoms with Gasteiger partial charge in [0, 0.05) is 19.2 Å². The van der Waals surface area contributed by atoms with E-state index in [2.05, 4.69) is 28.4 Å². The van der Waals surface area contributed by atoms with E-state index >= 15 is 0 Å². The second kappa shape index (κ2) is 9.33. The van der Waals surface area contributed by atoms with E-state index in [0.717, 1.165) is 30.8 Å². The Balaban J connectivity index is 1.35. The van der Waals surface area contributed by atoms with E-state index < -0.39 is 0 Å². The van der Waals surface area contributed by atoms with Crippen molar-refractivity contribution in [1.29, 1.82) is 0 Å². The van der Waals surface area contributed by atoms with Crippen molar-refractivity contribution in [3.8, 4) is 11.5 Å². The molecule has 0 unspecified atom stereocenters. The van der Waals surface area contributed by atoms with Gasteiger partial charge in [-0.1, -0.05) is 42.3 Å². The van der Waals surface area contributed by atoms with Crippen LogP contribution in [0.2, 0.25) is 5.02 Å². The van der Waals surface area contributed by atoms with Crippen LogP contribution in [-0.2, 0) is 17.9 Å². The highest BCUT2D eigenvalue weighted by Gasteiger charge is 2.17. The number of halogens is 1. The Morgan fingerprint density at radius 2 is 1.90 bits per heavy atom. The summed E-state index contributed by atoms with van der Waals surface area (Å²) < 4.78 is 10.7. The van der Waals surface area contributed by atoms with Crippen LogP contribution >= 0.6 is 11.6 Å². The van der Waals surface area contributed by atoms with E-state index in [-0.39, 0.29) is 12.7 Å². The zero-order valence-electron chi connectivity index (χ0n) is 16.3. The Labute approximate surface area is 176 Å². The molecule has 5 nitrogen and oxygen atoms in total. The number of carbonyl (C=O) groups excluding carboxylic acids is 1. The monoisotopic (exact) mass is 412 g/mol. The van der Waals surface area contributed by atoms with Gasteiger partial charge in [0.2, 0.25) is 12.7 Å². The maximum Gasteiger partial charge on any atom is 0.244 e. The smallest absolute Gasteiger partial charge is 0.244 e. The average molecular weight is 413 g/mol. The molecule has 0 atom stereocenters. The number of nitrogens with zero attached hydrogens (tertiary/aromatic N) is 1. The van der Waals surface area contributed by atoms with Gasteiger partial charge in [0.1, 0.15) is 0 Å². The number of benzene rings is 2. The van der Waals surface area contributed by atoms with Crippen LogP contribution in [0.3, 0.4) is 0 Å². The standard InChI is InChI=1S/C23H25ClN2O3/c24-20-12-17(13-21-23(20)29-16-28-21)8-9-22(27)25-14-18-6-2-3-7-19(18)15-26-10-4-1-5-11-26/h2-3,6-9,12-13H,1,4-5,10-11,14-16H2,(H,25,27)/b9-8+. The summed E-state index contributed by atoms with van der Waals surface area (Å²) in [5, 5.41) is 3.46. The van der Waals surface area contributed by atoms with Crippen molar-refractivity contribution in [1.82, 2.24) is 10.2 Å². The summed E-state index contributed by atoms with van der Waals surface area (Å²) in [5.41, 5.74) is 3.23. The minimum atomic E-state index is -0.147. The molecule has 2 aliphatic heterocycles. The van der Waals surface area contributed by atoms with Crippen molar-refractivity contribution in [2.24, 2.45) is 0 Å². The predicted molar refractivity (Wildman–Crippen MR) is 114 cm³/mol. The van der Waals surface area contributed by atoms with Gasteiger partial charge in [0.15, 0.2) is 11.5 Å². The van der Waals surface area contributed by atoms with Crippen LogP contribution in [0.5, 0.6) is 11.5 Å². The molecule has 152 valence electrons. The second-order valence-corrected chi connectivity index (χ2v) is 7.80. The zero-order valence-corrected chi connectivity index (χ0v) is 17.1. The molecule has 1 amide bonds. The highest BCUT2D eigenvalue weighted by atomic mass is 35.5. The normalized spacial score (nSPS) is 16.3. The molecule has 0 spiro atoms. The molecule has 1 N–H and O–H groups in total. The molecule has 2 heterocycles. The largest absolute Gasteiger partial charge is 0.454 e. The van der Waals surface area contributed by atoms with Gasteiger partial charge in [-0.3, -0.25) is 9.69 Å². The van der Waals surface area contributed by atoms with Gasteiger partial charge < -0.3 is 14.8 Å². The highest BCUT2D eigenvalue weighted by molar-refractivity contribution is 6.32. The van der Waals surface area contributed by atoms with Gasteiger partial charge in [0.05, 0.1) is 5.02 Å². The lowest BCUT2D eigenvalue weighted by molar-refractivity contribution is -0.116. The van der Waals surface area contributed by atoms with E-state index in [9.17, 15) is 4.79 Å². The van der Waals surface area contributed by atoms with Crippen molar-refractivity contribution >= 4 is 23.6 Å². The van der Waals surface area contributed by atoms with E-state index in [0.29, 0.717) is 23.1 Å². The quantitative estimate of drug-likeness (QED) is 0.715. The first-order valence-electron chi connectivity index (χ1n) is 10.0. The van der Waals surface area contributed by atoms with E-state index in [1.807, 2.05) is 12.1 Å². The molecular formula is C23H25ClN2O3. The molecule has 2 aromatic carbocycles. The molecule has 2 aliphatic rings. The SMILES string of the molecule is O=C(/C=C/c1cc(Cl)c2c(c1)OCO2)NCc1ccccc1CN1CCCCC1. The first-order chi connectivity index (χ1) is 14.2. The third-order valence-corrected chi connectivity index (χ3v) is 5.57. The van der Waals surface area contributed by atoms with E-state index in [1.165, 1.54) is 30.9 Å². The molecule has 0 aromatic heterocycles. The molecule has 2 aromatic rings. The minimum absolute atomic E-state index is 0.147. The topological polar surface area (TPSA) is 50.8 Å². The number of amides is 1. The van der Waals surface area contributed by atoms with Crippen LogP contribution in [0.1, 0.15) is 36.0 Å². The summed E-state index contributed by atoms with van der Waals surface area (Å²) >= 11 is 6.19. The number of hydrogen-bond acceptors (Lipinski definition) is 4. The fraction of sp³-hybridized carbons (Fsp3) is 0.348. The lowest BCUT2D eigenvalue weighted by Gasteiger charge is -2.27. The third kappa shape index (κ3) is 5.11. The van der Waals surface area contributed by atoms with E-state index in [4.69, 9.17) is 21.1 Å². The molecule has 4 rings (SSSR count). The predicted octanol–water partition coefficient (Wildman–Crippen LogP) is 4.38.